The SMILES string of the molecule is CCN1c2cc(C(=O)Nc3ccc(Cl)cc3)ccc2C(=O)N2CCCCC21. The molecule has 140 valence electrons. The van der Waals surface area contributed by atoms with E-state index in [-0.39, 0.29) is 18.0 Å². The van der Waals surface area contributed by atoms with Crippen molar-refractivity contribution in [2.24, 2.45) is 0 Å². The fourth-order valence-corrected chi connectivity index (χ4v) is 4.13. The summed E-state index contributed by atoms with van der Waals surface area (Å²) in [6.45, 7) is 3.69. The van der Waals surface area contributed by atoms with Crippen molar-refractivity contribution in [2.75, 3.05) is 23.3 Å². The number of fused-ring (bicyclic) bond motifs is 2. The first-order chi connectivity index (χ1) is 13.1. The lowest BCUT2D eigenvalue weighted by molar-refractivity contribution is 0.0582. The van der Waals surface area contributed by atoms with E-state index < -0.39 is 0 Å². The smallest absolute Gasteiger partial charge is 0.257 e. The largest absolute Gasteiger partial charge is 0.351 e. The Morgan fingerprint density at radius 2 is 1.96 bits per heavy atom. The number of piperidine rings is 1. The number of nitrogens with one attached hydrogen (secondary N) is 1. The Bertz CT molecular complexity index is 881. The van der Waals surface area contributed by atoms with E-state index in [9.17, 15) is 9.59 Å². The highest BCUT2D eigenvalue weighted by atomic mass is 35.5. The van der Waals surface area contributed by atoms with Gasteiger partial charge in [-0.15, -0.1) is 0 Å². The predicted molar refractivity (Wildman–Crippen MR) is 108 cm³/mol. The van der Waals surface area contributed by atoms with Crippen LogP contribution in [0.3, 0.4) is 0 Å². The molecule has 1 N–H and O–H groups in total. The summed E-state index contributed by atoms with van der Waals surface area (Å²) in [4.78, 5) is 29.8. The van der Waals surface area contributed by atoms with Crippen LogP contribution in [0.4, 0.5) is 11.4 Å². The zero-order valence-corrected chi connectivity index (χ0v) is 16.0. The van der Waals surface area contributed by atoms with Gasteiger partial charge in [-0.05, 0) is 68.7 Å². The fourth-order valence-electron chi connectivity index (χ4n) is 4.00. The highest BCUT2D eigenvalue weighted by Gasteiger charge is 2.38. The molecular weight excluding hydrogens is 362 g/mol. The summed E-state index contributed by atoms with van der Waals surface area (Å²) in [5.41, 5.74) is 2.76. The van der Waals surface area contributed by atoms with E-state index in [1.807, 2.05) is 11.0 Å². The van der Waals surface area contributed by atoms with Gasteiger partial charge in [0.05, 0.1) is 11.3 Å². The van der Waals surface area contributed by atoms with Gasteiger partial charge in [-0.25, -0.2) is 0 Å². The third-order valence-electron chi connectivity index (χ3n) is 5.33. The van der Waals surface area contributed by atoms with Crippen molar-refractivity contribution in [1.29, 1.82) is 0 Å². The van der Waals surface area contributed by atoms with Crippen molar-refractivity contribution in [3.63, 3.8) is 0 Å². The molecule has 0 saturated carbocycles. The van der Waals surface area contributed by atoms with Crippen LogP contribution < -0.4 is 10.2 Å². The van der Waals surface area contributed by atoms with Gasteiger partial charge in [0.2, 0.25) is 0 Å². The molecule has 2 aromatic carbocycles. The molecule has 27 heavy (non-hydrogen) atoms. The van der Waals surface area contributed by atoms with Crippen molar-refractivity contribution in [3.05, 3.63) is 58.6 Å². The minimum atomic E-state index is -0.199. The van der Waals surface area contributed by atoms with E-state index in [2.05, 4.69) is 17.1 Å². The number of rotatable bonds is 3. The molecule has 1 saturated heterocycles. The molecule has 2 amide bonds. The number of amides is 2. The minimum Gasteiger partial charge on any atom is -0.351 e. The maximum absolute atomic E-state index is 12.9. The molecule has 2 aliphatic heterocycles. The fraction of sp³-hybridized carbons (Fsp3) is 0.333. The second-order valence-electron chi connectivity index (χ2n) is 6.95. The van der Waals surface area contributed by atoms with Crippen molar-refractivity contribution < 1.29 is 9.59 Å². The molecule has 1 unspecified atom stereocenters. The summed E-state index contributed by atoms with van der Waals surface area (Å²) in [7, 11) is 0. The number of benzene rings is 2. The lowest BCUT2D eigenvalue weighted by Crippen LogP contribution is -2.57. The summed E-state index contributed by atoms with van der Waals surface area (Å²) < 4.78 is 0. The van der Waals surface area contributed by atoms with Gasteiger partial charge in [0.15, 0.2) is 0 Å². The molecule has 0 aliphatic carbocycles. The van der Waals surface area contributed by atoms with Crippen molar-refractivity contribution in [2.45, 2.75) is 32.4 Å². The van der Waals surface area contributed by atoms with Crippen molar-refractivity contribution in [1.82, 2.24) is 4.90 Å². The Hall–Kier alpha value is -2.53. The van der Waals surface area contributed by atoms with Gasteiger partial charge in [0.1, 0.15) is 6.17 Å². The third-order valence-corrected chi connectivity index (χ3v) is 5.59. The predicted octanol–water partition coefficient (Wildman–Crippen LogP) is 4.38. The number of carbonyl (C=O) groups excluding carboxylic acids is 2. The first-order valence-electron chi connectivity index (χ1n) is 9.37. The monoisotopic (exact) mass is 383 g/mol. The van der Waals surface area contributed by atoms with Gasteiger partial charge in [-0.1, -0.05) is 11.6 Å². The Balaban J connectivity index is 1.65. The topological polar surface area (TPSA) is 52.7 Å². The minimum absolute atomic E-state index is 0.0732. The molecule has 0 aromatic heterocycles. The summed E-state index contributed by atoms with van der Waals surface area (Å²) in [6.07, 6.45) is 3.24. The normalized spacial score (nSPS) is 18.7. The zero-order chi connectivity index (χ0) is 19.0. The number of anilines is 2. The Morgan fingerprint density at radius 1 is 1.19 bits per heavy atom. The third kappa shape index (κ3) is 3.28. The van der Waals surface area contributed by atoms with E-state index in [0.717, 1.165) is 38.0 Å². The summed E-state index contributed by atoms with van der Waals surface area (Å²) in [5.74, 6) is -0.126. The average molecular weight is 384 g/mol. The summed E-state index contributed by atoms with van der Waals surface area (Å²) in [5, 5.41) is 3.50. The molecule has 2 heterocycles. The van der Waals surface area contributed by atoms with Crippen LogP contribution in [0, 0.1) is 0 Å². The summed E-state index contributed by atoms with van der Waals surface area (Å²) >= 11 is 5.89. The van der Waals surface area contributed by atoms with Gasteiger partial charge < -0.3 is 15.1 Å². The Morgan fingerprint density at radius 3 is 2.70 bits per heavy atom. The Labute approximate surface area is 163 Å². The van der Waals surface area contributed by atoms with Crippen LogP contribution >= 0.6 is 11.6 Å². The van der Waals surface area contributed by atoms with E-state index >= 15 is 0 Å². The van der Waals surface area contributed by atoms with Crippen LogP contribution in [0.15, 0.2) is 42.5 Å². The van der Waals surface area contributed by atoms with Crippen LogP contribution in [0.2, 0.25) is 5.02 Å². The van der Waals surface area contributed by atoms with E-state index in [1.165, 1.54) is 0 Å². The van der Waals surface area contributed by atoms with Crippen LogP contribution in [-0.2, 0) is 0 Å². The molecular formula is C21H22ClN3O2. The molecule has 2 aromatic rings. The van der Waals surface area contributed by atoms with Crippen molar-refractivity contribution >= 4 is 34.8 Å². The summed E-state index contributed by atoms with van der Waals surface area (Å²) in [6, 6.07) is 12.3. The lowest BCUT2D eigenvalue weighted by atomic mass is 9.97. The van der Waals surface area contributed by atoms with Gasteiger partial charge in [0, 0.05) is 29.4 Å². The standard InChI is InChI=1S/C21H22ClN3O2/c1-2-24-18-13-14(20(26)23-16-9-7-15(22)8-10-16)6-11-17(18)21(27)25-12-4-3-5-19(24)25/h6-11,13,19H,2-5,12H2,1H3,(H,23,26). The molecule has 1 fully saturated rings. The molecule has 4 rings (SSSR count). The van der Waals surface area contributed by atoms with E-state index in [1.54, 1.807) is 36.4 Å². The second kappa shape index (κ2) is 7.24. The first-order valence-corrected chi connectivity index (χ1v) is 9.75. The van der Waals surface area contributed by atoms with Gasteiger partial charge in [0.25, 0.3) is 11.8 Å². The number of hydrogen-bond donors (Lipinski definition) is 1. The lowest BCUT2D eigenvalue weighted by Gasteiger charge is -2.47. The highest BCUT2D eigenvalue weighted by molar-refractivity contribution is 6.30. The molecule has 2 aliphatic rings. The van der Waals surface area contributed by atoms with E-state index in [4.69, 9.17) is 11.6 Å². The van der Waals surface area contributed by atoms with Gasteiger partial charge >= 0.3 is 0 Å². The molecule has 0 bridgehead atoms. The maximum atomic E-state index is 12.9. The second-order valence-corrected chi connectivity index (χ2v) is 7.39. The van der Waals surface area contributed by atoms with Crippen LogP contribution in [-0.4, -0.2) is 36.0 Å². The number of carbonyl (C=O) groups is 2. The quantitative estimate of drug-likeness (QED) is 0.855. The molecule has 0 spiro atoms. The number of halogens is 1. The molecule has 1 atom stereocenters. The molecule has 6 heteroatoms. The van der Waals surface area contributed by atoms with Gasteiger partial charge in [-0.3, -0.25) is 9.59 Å². The van der Waals surface area contributed by atoms with E-state index in [0.29, 0.717) is 21.8 Å². The Kier molecular flexibility index (Phi) is 4.79. The average Bonchev–Trinajstić information content (AvgIpc) is 2.70. The van der Waals surface area contributed by atoms with Crippen LogP contribution in [0.25, 0.3) is 0 Å². The first kappa shape index (κ1) is 17.9. The zero-order valence-electron chi connectivity index (χ0n) is 15.2. The van der Waals surface area contributed by atoms with Crippen LogP contribution in [0.1, 0.15) is 46.9 Å². The highest BCUT2D eigenvalue weighted by Crippen LogP contribution is 2.35. The van der Waals surface area contributed by atoms with Crippen molar-refractivity contribution in [3.8, 4) is 0 Å². The molecule has 5 nitrogen and oxygen atoms in total. The maximum Gasteiger partial charge on any atom is 0.257 e. The van der Waals surface area contributed by atoms with Gasteiger partial charge in [-0.2, -0.15) is 0 Å². The number of nitrogens with zero attached hydrogens (tertiary/aromatic N) is 2. The number of hydrogen-bond acceptors (Lipinski definition) is 3. The van der Waals surface area contributed by atoms with Crippen LogP contribution in [0.5, 0.6) is 0 Å². The molecule has 0 radical (unpaired) electrons.